The lowest BCUT2D eigenvalue weighted by Gasteiger charge is -2.31. The highest BCUT2D eigenvalue weighted by molar-refractivity contribution is 6.10. The maximum atomic E-state index is 4.81. The zero-order chi connectivity index (χ0) is 16.0. The summed E-state index contributed by atoms with van der Waals surface area (Å²) in [7, 11) is 0. The number of aliphatic imine (C=N–C) groups is 1. The Bertz CT molecular complexity index is 817. The first kappa shape index (κ1) is 13.8. The van der Waals surface area contributed by atoms with Gasteiger partial charge >= 0.3 is 0 Å². The van der Waals surface area contributed by atoms with Gasteiger partial charge in [-0.25, -0.2) is 4.99 Å². The van der Waals surface area contributed by atoms with E-state index in [2.05, 4.69) is 77.9 Å². The molecule has 23 heavy (non-hydrogen) atoms. The number of amidine groups is 1. The largest absolute Gasteiger partial charge is 0.340 e. The van der Waals surface area contributed by atoms with Crippen molar-refractivity contribution >= 4 is 29.2 Å². The van der Waals surface area contributed by atoms with Gasteiger partial charge in [-0.1, -0.05) is 12.1 Å². The Morgan fingerprint density at radius 3 is 2.57 bits per heavy atom. The Morgan fingerprint density at radius 2 is 1.78 bits per heavy atom. The number of benzene rings is 2. The summed E-state index contributed by atoms with van der Waals surface area (Å²) >= 11 is 0. The summed E-state index contributed by atoms with van der Waals surface area (Å²) in [6.07, 6.45) is 1.73. The molecule has 0 aromatic heterocycles. The summed E-state index contributed by atoms with van der Waals surface area (Å²) in [5, 5.41) is 7.67. The summed E-state index contributed by atoms with van der Waals surface area (Å²) in [5.41, 5.74) is 9.87. The second-order valence-corrected chi connectivity index (χ2v) is 6.17. The van der Waals surface area contributed by atoms with Gasteiger partial charge in [-0.2, -0.15) is 5.10 Å². The molecule has 5 heteroatoms. The molecule has 0 bridgehead atoms. The van der Waals surface area contributed by atoms with Crippen LogP contribution in [-0.4, -0.2) is 18.3 Å². The van der Waals surface area contributed by atoms with Gasteiger partial charge in [-0.15, -0.1) is 0 Å². The Balaban J connectivity index is 1.74. The van der Waals surface area contributed by atoms with E-state index in [1.54, 1.807) is 0 Å². The number of hydrogen-bond acceptors (Lipinski definition) is 5. The van der Waals surface area contributed by atoms with E-state index < -0.39 is 0 Å². The Hall–Kier alpha value is -2.82. The summed E-state index contributed by atoms with van der Waals surface area (Å²) < 4.78 is 0. The lowest BCUT2D eigenvalue weighted by molar-refractivity contribution is 0.711. The molecule has 2 aromatic carbocycles. The molecule has 2 aliphatic rings. The van der Waals surface area contributed by atoms with Crippen LogP contribution in [0.15, 0.2) is 46.5 Å². The third-order valence-electron chi connectivity index (χ3n) is 4.06. The first-order valence-corrected chi connectivity index (χ1v) is 7.72. The number of aryl methyl sites for hydroxylation is 3. The van der Waals surface area contributed by atoms with Crippen LogP contribution in [0, 0.1) is 20.8 Å². The van der Waals surface area contributed by atoms with E-state index in [1.807, 2.05) is 6.34 Å². The van der Waals surface area contributed by atoms with Crippen molar-refractivity contribution in [2.45, 2.75) is 26.9 Å². The van der Waals surface area contributed by atoms with Crippen LogP contribution >= 0.6 is 0 Å². The van der Waals surface area contributed by atoms with Crippen LogP contribution in [0.1, 0.15) is 16.7 Å². The first-order chi connectivity index (χ1) is 11.1. The molecule has 0 saturated heterocycles. The topological polar surface area (TPSA) is 52.0 Å². The van der Waals surface area contributed by atoms with Crippen molar-refractivity contribution in [1.82, 2.24) is 5.43 Å². The number of rotatable bonds is 1. The van der Waals surface area contributed by atoms with E-state index in [-0.39, 0.29) is 6.17 Å². The van der Waals surface area contributed by atoms with Gasteiger partial charge < -0.3 is 5.32 Å². The van der Waals surface area contributed by atoms with E-state index in [1.165, 1.54) is 16.7 Å². The number of fused-ring (bicyclic) bond motifs is 3. The SMILES string of the molecule is Cc1cc(C)cc(NC2=Nc3ccc(C)cc3N3C=NNC23)c1. The molecule has 5 nitrogen and oxygen atoms in total. The van der Waals surface area contributed by atoms with Crippen molar-refractivity contribution in [3.63, 3.8) is 0 Å². The Morgan fingerprint density at radius 1 is 1.00 bits per heavy atom. The highest BCUT2D eigenvalue weighted by atomic mass is 15.5. The van der Waals surface area contributed by atoms with E-state index >= 15 is 0 Å². The van der Waals surface area contributed by atoms with Crippen LogP contribution in [0.25, 0.3) is 0 Å². The van der Waals surface area contributed by atoms with Crippen molar-refractivity contribution in [3.05, 3.63) is 53.1 Å². The van der Waals surface area contributed by atoms with Crippen molar-refractivity contribution in [2.24, 2.45) is 10.1 Å². The molecular formula is C18H19N5. The molecule has 0 amide bonds. The van der Waals surface area contributed by atoms with Crippen LogP contribution in [0.5, 0.6) is 0 Å². The highest BCUT2D eigenvalue weighted by Gasteiger charge is 2.32. The lowest BCUT2D eigenvalue weighted by Crippen LogP contribution is -2.48. The number of anilines is 2. The van der Waals surface area contributed by atoms with Crippen molar-refractivity contribution in [2.75, 3.05) is 10.2 Å². The third-order valence-corrected chi connectivity index (χ3v) is 4.06. The van der Waals surface area contributed by atoms with Crippen molar-refractivity contribution < 1.29 is 0 Å². The molecule has 0 spiro atoms. The maximum absolute atomic E-state index is 4.81. The number of hydrogen-bond donors (Lipinski definition) is 2. The second-order valence-electron chi connectivity index (χ2n) is 6.17. The van der Waals surface area contributed by atoms with Gasteiger partial charge in [-0.3, -0.25) is 10.3 Å². The average Bonchev–Trinajstić information content (AvgIpc) is 2.97. The summed E-state index contributed by atoms with van der Waals surface area (Å²) in [4.78, 5) is 6.92. The molecular weight excluding hydrogens is 286 g/mol. The van der Waals surface area contributed by atoms with Gasteiger partial charge in [0.2, 0.25) is 0 Å². The van der Waals surface area contributed by atoms with E-state index in [4.69, 9.17) is 4.99 Å². The Labute approximate surface area is 135 Å². The van der Waals surface area contributed by atoms with Gasteiger partial charge in [0.15, 0.2) is 12.0 Å². The summed E-state index contributed by atoms with van der Waals surface area (Å²) in [5.74, 6) is 0.851. The number of nitrogens with zero attached hydrogens (tertiary/aromatic N) is 3. The van der Waals surface area contributed by atoms with Crippen molar-refractivity contribution in [3.8, 4) is 0 Å². The van der Waals surface area contributed by atoms with E-state index in [0.717, 1.165) is 22.9 Å². The van der Waals surface area contributed by atoms with E-state index in [0.29, 0.717) is 0 Å². The fraction of sp³-hybridized carbons (Fsp3) is 0.222. The van der Waals surface area contributed by atoms with E-state index in [9.17, 15) is 0 Å². The normalized spacial score (nSPS) is 18.1. The van der Waals surface area contributed by atoms with Crippen LogP contribution in [0.3, 0.4) is 0 Å². The summed E-state index contributed by atoms with van der Waals surface area (Å²) in [6.45, 7) is 6.28. The Kier molecular flexibility index (Phi) is 3.08. The molecule has 0 aliphatic carbocycles. The molecule has 0 radical (unpaired) electrons. The predicted octanol–water partition coefficient (Wildman–Crippen LogP) is 3.45. The van der Waals surface area contributed by atoms with Gasteiger partial charge in [0.05, 0.1) is 11.4 Å². The highest BCUT2D eigenvalue weighted by Crippen LogP contribution is 2.35. The van der Waals surface area contributed by atoms with Gasteiger partial charge in [0.25, 0.3) is 0 Å². The molecule has 2 aromatic rings. The molecule has 2 N–H and O–H groups in total. The molecule has 1 unspecified atom stereocenters. The molecule has 0 saturated carbocycles. The lowest BCUT2D eigenvalue weighted by atomic mass is 10.1. The van der Waals surface area contributed by atoms with Crippen LogP contribution in [-0.2, 0) is 0 Å². The maximum Gasteiger partial charge on any atom is 0.179 e. The van der Waals surface area contributed by atoms with Gasteiger partial charge in [0.1, 0.15) is 6.34 Å². The van der Waals surface area contributed by atoms with Crippen LogP contribution < -0.4 is 15.6 Å². The third kappa shape index (κ3) is 2.44. The smallest absolute Gasteiger partial charge is 0.179 e. The molecule has 2 heterocycles. The summed E-state index contributed by atoms with van der Waals surface area (Å²) in [6, 6.07) is 12.7. The molecule has 1 atom stereocenters. The minimum absolute atomic E-state index is 0.0925. The standard InChI is InChI=1S/C18H19N5/c1-11-4-5-15-16(9-11)23-10-19-22-18(23)17(21-15)20-14-7-12(2)6-13(3)8-14/h4-10,18,22H,1-3H3,(H,20,21). The quantitative estimate of drug-likeness (QED) is 0.848. The zero-order valence-corrected chi connectivity index (χ0v) is 13.5. The van der Waals surface area contributed by atoms with Crippen LogP contribution in [0.4, 0.5) is 17.1 Å². The minimum atomic E-state index is -0.0925. The average molecular weight is 305 g/mol. The fourth-order valence-electron chi connectivity index (χ4n) is 3.11. The molecule has 0 fully saturated rings. The predicted molar refractivity (Wildman–Crippen MR) is 95.7 cm³/mol. The first-order valence-electron chi connectivity index (χ1n) is 7.72. The minimum Gasteiger partial charge on any atom is -0.340 e. The van der Waals surface area contributed by atoms with Crippen LogP contribution in [0.2, 0.25) is 0 Å². The van der Waals surface area contributed by atoms with Gasteiger partial charge in [0, 0.05) is 5.69 Å². The fourth-order valence-corrected chi connectivity index (χ4v) is 3.11. The van der Waals surface area contributed by atoms with Crippen molar-refractivity contribution in [1.29, 1.82) is 0 Å². The monoisotopic (exact) mass is 305 g/mol. The second kappa shape index (κ2) is 5.12. The molecule has 4 rings (SSSR count). The molecule has 2 aliphatic heterocycles. The number of nitrogens with one attached hydrogen (secondary N) is 2. The number of hydrazone groups is 1. The molecule has 116 valence electrons. The zero-order valence-electron chi connectivity index (χ0n) is 13.5. The van der Waals surface area contributed by atoms with Gasteiger partial charge in [-0.05, 0) is 61.7 Å².